The van der Waals surface area contributed by atoms with Gasteiger partial charge in [0, 0.05) is 12.7 Å². The molecule has 2 aromatic rings. The van der Waals surface area contributed by atoms with E-state index < -0.39 is 15.8 Å². The highest BCUT2D eigenvalue weighted by Crippen LogP contribution is 2.21. The first-order valence-electron chi connectivity index (χ1n) is 7.67. The zero-order valence-electron chi connectivity index (χ0n) is 13.3. The van der Waals surface area contributed by atoms with Crippen molar-refractivity contribution in [2.75, 3.05) is 0 Å². The van der Waals surface area contributed by atoms with Crippen molar-refractivity contribution in [2.45, 2.75) is 44.0 Å². The minimum absolute atomic E-state index is 0.0652. The zero-order valence-corrected chi connectivity index (χ0v) is 14.1. The minimum atomic E-state index is -3.69. The van der Waals surface area contributed by atoms with Crippen molar-refractivity contribution in [3.63, 3.8) is 0 Å². The van der Waals surface area contributed by atoms with Gasteiger partial charge in [-0.1, -0.05) is 0 Å². The molecule has 0 amide bonds. The number of aromatic nitrogens is 2. The van der Waals surface area contributed by atoms with Crippen LogP contribution >= 0.6 is 0 Å². The van der Waals surface area contributed by atoms with Crippen LogP contribution in [0.2, 0.25) is 0 Å². The molecule has 0 radical (unpaired) electrons. The van der Waals surface area contributed by atoms with Crippen LogP contribution in [0.1, 0.15) is 35.6 Å². The quantitative estimate of drug-likeness (QED) is 0.930. The van der Waals surface area contributed by atoms with Gasteiger partial charge in [-0.2, -0.15) is 0 Å². The summed E-state index contributed by atoms with van der Waals surface area (Å²) >= 11 is 0. The number of imidazole rings is 1. The van der Waals surface area contributed by atoms with Crippen molar-refractivity contribution in [1.82, 2.24) is 14.3 Å². The van der Waals surface area contributed by atoms with Crippen molar-refractivity contribution >= 4 is 10.0 Å². The maximum Gasteiger partial charge on any atom is 0.240 e. The average Bonchev–Trinajstić information content (AvgIpc) is 2.85. The predicted molar refractivity (Wildman–Crippen MR) is 85.0 cm³/mol. The van der Waals surface area contributed by atoms with Gasteiger partial charge in [0.1, 0.15) is 11.6 Å². The van der Waals surface area contributed by atoms with Crippen LogP contribution in [0.25, 0.3) is 0 Å². The number of nitrogens with one attached hydrogen (secondary N) is 1. The van der Waals surface area contributed by atoms with Crippen LogP contribution in [0.5, 0.6) is 0 Å². The highest BCUT2D eigenvalue weighted by atomic mass is 32.2. The normalized spacial score (nSPS) is 14.7. The molecule has 1 N–H and O–H groups in total. The van der Waals surface area contributed by atoms with Gasteiger partial charge in [0.05, 0.1) is 17.1 Å². The summed E-state index contributed by atoms with van der Waals surface area (Å²) < 4.78 is 42.5. The minimum Gasteiger partial charge on any atom is -0.334 e. The molecule has 0 saturated heterocycles. The van der Waals surface area contributed by atoms with E-state index in [2.05, 4.69) is 9.71 Å². The standard InChI is InChI=1S/C16H20FN3O2S/c1-11-9-12(7-8-13(11)17)23(21,22)18-10-16-19-14-5-3-4-6-15(14)20(16)2/h7-9,18H,3-6,10H2,1-2H3. The average molecular weight is 337 g/mol. The Bertz CT molecular complexity index is 843. The van der Waals surface area contributed by atoms with E-state index in [4.69, 9.17) is 0 Å². The molecule has 0 spiro atoms. The van der Waals surface area contributed by atoms with E-state index in [9.17, 15) is 12.8 Å². The van der Waals surface area contributed by atoms with Crippen molar-refractivity contribution in [3.8, 4) is 0 Å². The van der Waals surface area contributed by atoms with Gasteiger partial charge in [-0.15, -0.1) is 0 Å². The first kappa shape index (κ1) is 16.1. The Morgan fingerprint density at radius 2 is 2.04 bits per heavy atom. The van der Waals surface area contributed by atoms with Gasteiger partial charge in [0.25, 0.3) is 0 Å². The summed E-state index contributed by atoms with van der Waals surface area (Å²) in [6.45, 7) is 1.67. The fraction of sp³-hybridized carbons (Fsp3) is 0.438. The van der Waals surface area contributed by atoms with Crippen LogP contribution in [-0.2, 0) is 36.5 Å². The van der Waals surface area contributed by atoms with Gasteiger partial charge in [-0.25, -0.2) is 22.5 Å². The summed E-state index contributed by atoms with van der Waals surface area (Å²) in [7, 11) is -1.77. The Morgan fingerprint density at radius 1 is 1.30 bits per heavy atom. The Kier molecular flexibility index (Phi) is 4.25. The number of sulfonamides is 1. The highest BCUT2D eigenvalue weighted by Gasteiger charge is 2.20. The smallest absolute Gasteiger partial charge is 0.240 e. The third kappa shape index (κ3) is 3.16. The van der Waals surface area contributed by atoms with Gasteiger partial charge in [0.2, 0.25) is 10.0 Å². The van der Waals surface area contributed by atoms with Crippen molar-refractivity contribution in [1.29, 1.82) is 0 Å². The molecular formula is C16H20FN3O2S. The number of nitrogens with zero attached hydrogens (tertiary/aromatic N) is 2. The number of rotatable bonds is 4. The molecule has 0 atom stereocenters. The lowest BCUT2D eigenvalue weighted by molar-refractivity contribution is 0.575. The SMILES string of the molecule is Cc1cc(S(=O)(=O)NCc2nc3c(n2C)CCCC3)ccc1F. The van der Waals surface area contributed by atoms with Gasteiger partial charge in [-0.05, 0) is 56.4 Å². The summed E-state index contributed by atoms with van der Waals surface area (Å²) in [4.78, 5) is 4.62. The van der Waals surface area contributed by atoms with Crippen LogP contribution in [-0.4, -0.2) is 18.0 Å². The predicted octanol–water partition coefficient (Wildman–Crippen LogP) is 2.22. The van der Waals surface area contributed by atoms with E-state index in [1.165, 1.54) is 23.9 Å². The number of hydrogen-bond donors (Lipinski definition) is 1. The Balaban J connectivity index is 1.79. The van der Waals surface area contributed by atoms with Crippen molar-refractivity contribution < 1.29 is 12.8 Å². The second-order valence-electron chi connectivity index (χ2n) is 5.92. The van der Waals surface area contributed by atoms with Gasteiger partial charge >= 0.3 is 0 Å². The van der Waals surface area contributed by atoms with E-state index in [0.717, 1.165) is 31.4 Å². The summed E-state index contributed by atoms with van der Waals surface area (Å²) in [6.07, 6.45) is 4.21. The topological polar surface area (TPSA) is 64.0 Å². The molecule has 0 unspecified atom stereocenters. The second kappa shape index (κ2) is 6.05. The molecule has 0 saturated carbocycles. The molecule has 1 aliphatic rings. The molecule has 0 bridgehead atoms. The summed E-state index contributed by atoms with van der Waals surface area (Å²) in [5.74, 6) is 0.292. The molecule has 1 heterocycles. The first-order chi connectivity index (χ1) is 10.9. The summed E-state index contributed by atoms with van der Waals surface area (Å²) in [6, 6.07) is 3.78. The van der Waals surface area contributed by atoms with E-state index in [1.807, 2.05) is 11.6 Å². The number of halogens is 1. The highest BCUT2D eigenvalue weighted by molar-refractivity contribution is 7.89. The maximum absolute atomic E-state index is 13.3. The monoisotopic (exact) mass is 337 g/mol. The van der Waals surface area contributed by atoms with Crippen LogP contribution < -0.4 is 4.72 Å². The van der Waals surface area contributed by atoms with E-state index in [0.29, 0.717) is 11.4 Å². The fourth-order valence-corrected chi connectivity index (χ4v) is 3.99. The summed E-state index contributed by atoms with van der Waals surface area (Å²) in [5.41, 5.74) is 2.58. The Labute approximate surface area is 135 Å². The second-order valence-corrected chi connectivity index (χ2v) is 7.69. The van der Waals surface area contributed by atoms with Crippen LogP contribution in [0.3, 0.4) is 0 Å². The molecule has 0 fully saturated rings. The first-order valence-corrected chi connectivity index (χ1v) is 9.16. The van der Waals surface area contributed by atoms with E-state index in [-0.39, 0.29) is 11.4 Å². The van der Waals surface area contributed by atoms with Crippen molar-refractivity contribution in [3.05, 3.63) is 46.8 Å². The summed E-state index contributed by atoms with van der Waals surface area (Å²) in [5, 5.41) is 0. The van der Waals surface area contributed by atoms with Crippen LogP contribution in [0.4, 0.5) is 4.39 Å². The molecule has 1 aromatic carbocycles. The molecule has 7 heteroatoms. The van der Waals surface area contributed by atoms with Crippen molar-refractivity contribution in [2.24, 2.45) is 7.05 Å². The maximum atomic E-state index is 13.3. The lowest BCUT2D eigenvalue weighted by atomic mass is 10.0. The molecular weight excluding hydrogens is 317 g/mol. The molecule has 3 rings (SSSR count). The Hall–Kier alpha value is -1.73. The van der Waals surface area contributed by atoms with Crippen LogP contribution in [0, 0.1) is 12.7 Å². The molecule has 1 aromatic heterocycles. The molecule has 0 aliphatic heterocycles. The van der Waals surface area contributed by atoms with Gasteiger partial charge in [-0.3, -0.25) is 0 Å². The number of fused-ring (bicyclic) bond motifs is 1. The fourth-order valence-electron chi connectivity index (χ4n) is 2.93. The van der Waals surface area contributed by atoms with E-state index in [1.54, 1.807) is 6.92 Å². The van der Waals surface area contributed by atoms with Gasteiger partial charge in [0.15, 0.2) is 0 Å². The molecule has 23 heavy (non-hydrogen) atoms. The van der Waals surface area contributed by atoms with Crippen LogP contribution in [0.15, 0.2) is 23.1 Å². The number of aryl methyl sites for hydroxylation is 2. The number of benzene rings is 1. The van der Waals surface area contributed by atoms with Gasteiger partial charge < -0.3 is 4.57 Å². The zero-order chi connectivity index (χ0) is 16.6. The third-order valence-corrected chi connectivity index (χ3v) is 5.73. The lowest BCUT2D eigenvalue weighted by Crippen LogP contribution is -2.25. The molecule has 1 aliphatic carbocycles. The molecule has 124 valence electrons. The van der Waals surface area contributed by atoms with E-state index >= 15 is 0 Å². The third-order valence-electron chi connectivity index (χ3n) is 4.33. The molecule has 5 nitrogen and oxygen atoms in total. The number of hydrogen-bond acceptors (Lipinski definition) is 3. The Morgan fingerprint density at radius 3 is 2.74 bits per heavy atom. The largest absolute Gasteiger partial charge is 0.334 e. The lowest BCUT2D eigenvalue weighted by Gasteiger charge is -2.11.